The lowest BCUT2D eigenvalue weighted by Gasteiger charge is -2.32. The summed E-state index contributed by atoms with van der Waals surface area (Å²) in [4.78, 5) is 29.2. The van der Waals surface area contributed by atoms with Gasteiger partial charge in [0.25, 0.3) is 0 Å². The molecule has 2 aliphatic rings. The molecule has 0 spiro atoms. The van der Waals surface area contributed by atoms with Crippen LogP contribution in [0.4, 0.5) is 0 Å². The average Bonchev–Trinajstić information content (AvgIpc) is 3.18. The molecule has 2 aliphatic heterocycles. The zero-order chi connectivity index (χ0) is 16.2. The number of hydrogen-bond acceptors (Lipinski definition) is 4. The average molecular weight is 335 g/mol. The van der Waals surface area contributed by atoms with Gasteiger partial charge in [0.05, 0.1) is 6.54 Å². The van der Waals surface area contributed by atoms with E-state index in [-0.39, 0.29) is 17.9 Å². The quantitative estimate of drug-likeness (QED) is 0.916. The highest BCUT2D eigenvalue weighted by molar-refractivity contribution is 7.10. The number of hydrogen-bond donors (Lipinski definition) is 1. The fourth-order valence-corrected chi connectivity index (χ4v) is 4.51. The molecule has 2 saturated heterocycles. The summed E-state index contributed by atoms with van der Waals surface area (Å²) in [7, 11) is 0. The Bertz CT molecular complexity index is 538. The van der Waals surface area contributed by atoms with Crippen molar-refractivity contribution in [2.24, 2.45) is 0 Å². The van der Waals surface area contributed by atoms with Crippen LogP contribution in [0.2, 0.25) is 0 Å². The van der Waals surface area contributed by atoms with Crippen molar-refractivity contribution >= 4 is 23.2 Å². The van der Waals surface area contributed by atoms with E-state index in [9.17, 15) is 9.59 Å². The fraction of sp³-hybridized carbons (Fsp3) is 0.647. The zero-order valence-corrected chi connectivity index (χ0v) is 14.5. The maximum Gasteiger partial charge on any atom is 0.234 e. The zero-order valence-electron chi connectivity index (χ0n) is 13.7. The Morgan fingerprint density at radius 1 is 1.26 bits per heavy atom. The van der Waals surface area contributed by atoms with Gasteiger partial charge in [-0.05, 0) is 43.7 Å². The molecular formula is C17H25N3O2S. The molecule has 6 heteroatoms. The van der Waals surface area contributed by atoms with Crippen molar-refractivity contribution in [2.75, 3.05) is 26.2 Å². The van der Waals surface area contributed by atoms with Gasteiger partial charge in [-0.1, -0.05) is 6.07 Å². The number of piperidine rings is 1. The highest BCUT2D eigenvalue weighted by Crippen LogP contribution is 2.33. The molecular weight excluding hydrogens is 310 g/mol. The van der Waals surface area contributed by atoms with Crippen LogP contribution in [-0.2, 0) is 9.59 Å². The third kappa shape index (κ3) is 4.12. The second-order valence-electron chi connectivity index (χ2n) is 6.49. The summed E-state index contributed by atoms with van der Waals surface area (Å²) in [5.41, 5.74) is 0. The van der Waals surface area contributed by atoms with E-state index >= 15 is 0 Å². The van der Waals surface area contributed by atoms with Gasteiger partial charge in [0, 0.05) is 37.0 Å². The van der Waals surface area contributed by atoms with Crippen LogP contribution in [-0.4, -0.2) is 53.8 Å². The number of carbonyl (C=O) groups excluding carboxylic acids is 2. The number of carbonyl (C=O) groups is 2. The monoisotopic (exact) mass is 335 g/mol. The molecule has 0 bridgehead atoms. The molecule has 0 radical (unpaired) electrons. The third-order valence-corrected chi connectivity index (χ3v) is 5.86. The number of nitrogens with zero attached hydrogens (tertiary/aromatic N) is 2. The molecule has 23 heavy (non-hydrogen) atoms. The van der Waals surface area contributed by atoms with Crippen LogP contribution >= 0.6 is 11.3 Å². The number of nitrogens with one attached hydrogen (secondary N) is 1. The van der Waals surface area contributed by atoms with Crippen molar-refractivity contribution in [3.05, 3.63) is 22.4 Å². The molecule has 3 rings (SSSR count). The minimum absolute atomic E-state index is 0.120. The van der Waals surface area contributed by atoms with E-state index in [0.29, 0.717) is 12.6 Å². The Balaban J connectivity index is 1.47. The fourth-order valence-electron chi connectivity index (χ4n) is 3.61. The van der Waals surface area contributed by atoms with E-state index < -0.39 is 0 Å². The second kappa shape index (κ2) is 7.45. The maximum absolute atomic E-state index is 12.4. The first-order valence-electron chi connectivity index (χ1n) is 8.46. The first kappa shape index (κ1) is 16.5. The van der Waals surface area contributed by atoms with Crippen LogP contribution in [0.1, 0.15) is 43.5 Å². The van der Waals surface area contributed by atoms with Crippen LogP contribution in [0.15, 0.2) is 17.5 Å². The molecule has 3 heterocycles. The predicted molar refractivity (Wildman–Crippen MR) is 91.3 cm³/mol. The van der Waals surface area contributed by atoms with Crippen molar-refractivity contribution in [3.63, 3.8) is 0 Å². The number of thiophene rings is 1. The van der Waals surface area contributed by atoms with Crippen LogP contribution in [0, 0.1) is 0 Å². The standard InChI is InChI=1S/C17H25N3O2S/c1-13(21)19-9-6-14(7-10-19)18-17(22)12-20-8-2-4-15(20)16-5-3-11-23-16/h3,5,11,14-15H,2,4,6-10,12H2,1H3,(H,18,22). The molecule has 2 fully saturated rings. The largest absolute Gasteiger partial charge is 0.352 e. The molecule has 1 aromatic heterocycles. The summed E-state index contributed by atoms with van der Waals surface area (Å²) in [6.45, 7) is 4.59. The van der Waals surface area contributed by atoms with Gasteiger partial charge >= 0.3 is 0 Å². The Labute approximate surface area is 141 Å². The lowest BCUT2D eigenvalue weighted by molar-refractivity contribution is -0.130. The van der Waals surface area contributed by atoms with Gasteiger partial charge in [-0.25, -0.2) is 0 Å². The Hall–Kier alpha value is -1.40. The van der Waals surface area contributed by atoms with Gasteiger partial charge in [-0.3, -0.25) is 14.5 Å². The van der Waals surface area contributed by atoms with E-state index in [4.69, 9.17) is 0 Å². The van der Waals surface area contributed by atoms with Crippen LogP contribution < -0.4 is 5.32 Å². The first-order chi connectivity index (χ1) is 11.1. The number of likely N-dealkylation sites (tertiary alicyclic amines) is 2. The second-order valence-corrected chi connectivity index (χ2v) is 7.47. The number of amides is 2. The van der Waals surface area contributed by atoms with Crippen molar-refractivity contribution in [1.82, 2.24) is 15.1 Å². The van der Waals surface area contributed by atoms with Gasteiger partial charge in [-0.2, -0.15) is 0 Å². The van der Waals surface area contributed by atoms with E-state index in [1.165, 1.54) is 4.88 Å². The molecule has 1 aromatic rings. The van der Waals surface area contributed by atoms with Crippen LogP contribution in [0.3, 0.4) is 0 Å². The van der Waals surface area contributed by atoms with Crippen molar-refractivity contribution in [1.29, 1.82) is 0 Å². The van der Waals surface area contributed by atoms with Gasteiger partial charge < -0.3 is 10.2 Å². The van der Waals surface area contributed by atoms with Gasteiger partial charge in [0.1, 0.15) is 0 Å². The summed E-state index contributed by atoms with van der Waals surface area (Å²) in [6, 6.07) is 4.86. The minimum atomic E-state index is 0.120. The van der Waals surface area contributed by atoms with Crippen molar-refractivity contribution in [3.8, 4) is 0 Å². The van der Waals surface area contributed by atoms with Crippen LogP contribution in [0.25, 0.3) is 0 Å². The third-order valence-electron chi connectivity index (χ3n) is 4.89. The highest BCUT2D eigenvalue weighted by atomic mass is 32.1. The smallest absolute Gasteiger partial charge is 0.234 e. The lowest BCUT2D eigenvalue weighted by Crippen LogP contribution is -2.48. The summed E-state index contributed by atoms with van der Waals surface area (Å²) in [6.07, 6.45) is 4.02. The Morgan fingerprint density at radius 2 is 2.04 bits per heavy atom. The topological polar surface area (TPSA) is 52.7 Å². The molecule has 1 unspecified atom stereocenters. The van der Waals surface area contributed by atoms with Gasteiger partial charge in [-0.15, -0.1) is 11.3 Å². The summed E-state index contributed by atoms with van der Waals surface area (Å²) >= 11 is 1.78. The molecule has 0 saturated carbocycles. The maximum atomic E-state index is 12.4. The predicted octanol–water partition coefficient (Wildman–Crippen LogP) is 2.01. The highest BCUT2D eigenvalue weighted by Gasteiger charge is 2.29. The molecule has 0 aliphatic carbocycles. The molecule has 0 aromatic carbocycles. The molecule has 1 atom stereocenters. The normalized spacial score (nSPS) is 23.2. The van der Waals surface area contributed by atoms with E-state index in [0.717, 1.165) is 45.3 Å². The van der Waals surface area contributed by atoms with E-state index in [2.05, 4.69) is 27.7 Å². The lowest BCUT2D eigenvalue weighted by atomic mass is 10.0. The molecule has 1 N–H and O–H groups in total. The SMILES string of the molecule is CC(=O)N1CCC(NC(=O)CN2CCCC2c2cccs2)CC1. The Morgan fingerprint density at radius 3 is 2.70 bits per heavy atom. The summed E-state index contributed by atoms with van der Waals surface area (Å²) in [5, 5.41) is 5.26. The summed E-state index contributed by atoms with van der Waals surface area (Å²) < 4.78 is 0. The van der Waals surface area contributed by atoms with Gasteiger partial charge in [0.2, 0.25) is 11.8 Å². The Kier molecular flexibility index (Phi) is 5.33. The van der Waals surface area contributed by atoms with E-state index in [1.807, 2.05) is 4.90 Å². The first-order valence-corrected chi connectivity index (χ1v) is 9.34. The summed E-state index contributed by atoms with van der Waals surface area (Å²) in [5.74, 6) is 0.250. The molecule has 126 valence electrons. The number of rotatable bonds is 4. The van der Waals surface area contributed by atoms with E-state index in [1.54, 1.807) is 18.3 Å². The van der Waals surface area contributed by atoms with Crippen molar-refractivity contribution in [2.45, 2.75) is 44.7 Å². The molecule has 5 nitrogen and oxygen atoms in total. The van der Waals surface area contributed by atoms with Crippen molar-refractivity contribution < 1.29 is 9.59 Å². The van der Waals surface area contributed by atoms with Crippen LogP contribution in [0.5, 0.6) is 0 Å². The molecule has 2 amide bonds. The minimum Gasteiger partial charge on any atom is -0.352 e. The van der Waals surface area contributed by atoms with Gasteiger partial charge in [0.15, 0.2) is 0 Å².